The number of para-hydroxylation sites is 1. The van der Waals surface area contributed by atoms with Crippen LogP contribution in [0.3, 0.4) is 0 Å². The monoisotopic (exact) mass is 475 g/mol. The Balaban J connectivity index is 1.34. The number of hydrogen-bond acceptors (Lipinski definition) is 7. The van der Waals surface area contributed by atoms with Crippen LogP contribution in [0.25, 0.3) is 16.5 Å². The Kier molecular flexibility index (Phi) is 5.27. The molecule has 0 aliphatic carbocycles. The molecule has 1 aliphatic heterocycles. The molecule has 1 atom stereocenters. The first-order chi connectivity index (χ1) is 16.7. The van der Waals surface area contributed by atoms with Crippen LogP contribution >= 0.6 is 11.3 Å². The highest BCUT2D eigenvalue weighted by Gasteiger charge is 2.32. The highest BCUT2D eigenvalue weighted by molar-refractivity contribution is 7.17. The highest BCUT2D eigenvalue weighted by atomic mass is 32.1. The summed E-state index contributed by atoms with van der Waals surface area (Å²) >= 11 is 1.39. The van der Waals surface area contributed by atoms with Crippen molar-refractivity contribution in [3.63, 3.8) is 0 Å². The van der Waals surface area contributed by atoms with Crippen molar-refractivity contribution in [1.82, 2.24) is 19.5 Å². The number of anilines is 1. The lowest BCUT2D eigenvalue weighted by Crippen LogP contribution is -2.47. The van der Waals surface area contributed by atoms with E-state index in [1.807, 2.05) is 18.2 Å². The Morgan fingerprint density at radius 1 is 0.941 bits per heavy atom. The lowest BCUT2D eigenvalue weighted by Gasteiger charge is -2.40. The van der Waals surface area contributed by atoms with Crippen LogP contribution in [-0.4, -0.2) is 50.8 Å². The Labute approximate surface area is 199 Å². The van der Waals surface area contributed by atoms with Gasteiger partial charge in [-0.2, -0.15) is 9.50 Å². The van der Waals surface area contributed by atoms with Crippen molar-refractivity contribution in [1.29, 1.82) is 0 Å². The molecular weight excluding hydrogens is 453 g/mol. The van der Waals surface area contributed by atoms with Crippen molar-refractivity contribution in [2.24, 2.45) is 0 Å². The molecule has 1 fully saturated rings. The van der Waals surface area contributed by atoms with Crippen molar-refractivity contribution in [3.8, 4) is 17.5 Å². The third kappa shape index (κ3) is 3.72. The molecule has 1 N–H and O–H groups in total. The van der Waals surface area contributed by atoms with Gasteiger partial charge >= 0.3 is 0 Å². The number of piperazine rings is 1. The molecule has 34 heavy (non-hydrogen) atoms. The van der Waals surface area contributed by atoms with Gasteiger partial charge in [0.2, 0.25) is 16.7 Å². The molecular formula is C25H22FN5O2S. The van der Waals surface area contributed by atoms with Gasteiger partial charge in [0.25, 0.3) is 0 Å². The molecule has 172 valence electrons. The minimum absolute atomic E-state index is 0.0464. The molecule has 0 unspecified atom stereocenters. The lowest BCUT2D eigenvalue weighted by atomic mass is 10.0. The molecule has 0 spiro atoms. The smallest absolute Gasteiger partial charge is 0.230 e. The third-order valence-electron chi connectivity index (χ3n) is 6.18. The maximum Gasteiger partial charge on any atom is 0.230 e. The van der Waals surface area contributed by atoms with Gasteiger partial charge in [0.15, 0.2) is 5.76 Å². The molecule has 2 aromatic carbocycles. The first-order valence-corrected chi connectivity index (χ1v) is 11.9. The first kappa shape index (κ1) is 20.9. The fraction of sp³-hybridized carbons (Fsp3) is 0.200. The Bertz CT molecular complexity index is 1390. The molecule has 0 bridgehead atoms. The molecule has 5 aromatic rings. The van der Waals surface area contributed by atoms with Gasteiger partial charge in [0.1, 0.15) is 5.82 Å². The first-order valence-electron chi connectivity index (χ1n) is 11.1. The van der Waals surface area contributed by atoms with E-state index in [4.69, 9.17) is 4.42 Å². The van der Waals surface area contributed by atoms with Crippen LogP contribution in [0.5, 0.6) is 5.88 Å². The summed E-state index contributed by atoms with van der Waals surface area (Å²) < 4.78 is 20.6. The number of nitrogens with zero attached hydrogens (tertiary/aromatic N) is 5. The summed E-state index contributed by atoms with van der Waals surface area (Å²) in [5.74, 6) is 0.730. The van der Waals surface area contributed by atoms with Crippen LogP contribution in [0.15, 0.2) is 77.4 Å². The van der Waals surface area contributed by atoms with E-state index in [1.54, 1.807) is 30.5 Å². The summed E-state index contributed by atoms with van der Waals surface area (Å²) in [6.45, 7) is 3.29. The molecule has 7 nitrogen and oxygen atoms in total. The number of hydrogen-bond donors (Lipinski definition) is 1. The number of benzene rings is 2. The summed E-state index contributed by atoms with van der Waals surface area (Å²) in [6.07, 6.45) is 1.56. The SMILES string of the molecule is Oc1c([C@H](c2ccc(F)cc2)N2CCN(c3ccccc3)CC2)sc2nc(-c3ccco3)nn12. The molecule has 0 radical (unpaired) electrons. The van der Waals surface area contributed by atoms with E-state index in [0.29, 0.717) is 16.5 Å². The second-order valence-corrected chi connectivity index (χ2v) is 9.22. The predicted octanol–water partition coefficient (Wildman–Crippen LogP) is 4.81. The van der Waals surface area contributed by atoms with E-state index >= 15 is 0 Å². The van der Waals surface area contributed by atoms with Crippen LogP contribution in [0.1, 0.15) is 16.5 Å². The number of rotatable bonds is 5. The zero-order valence-electron chi connectivity index (χ0n) is 18.2. The number of aromatic hydroxyl groups is 1. The quantitative estimate of drug-likeness (QED) is 0.394. The van der Waals surface area contributed by atoms with Crippen LogP contribution < -0.4 is 4.90 Å². The average Bonchev–Trinajstić information content (AvgIpc) is 3.61. The van der Waals surface area contributed by atoms with Crippen LogP contribution in [0.2, 0.25) is 0 Å². The number of halogens is 1. The lowest BCUT2D eigenvalue weighted by molar-refractivity contribution is 0.211. The Morgan fingerprint density at radius 2 is 1.71 bits per heavy atom. The van der Waals surface area contributed by atoms with Crippen molar-refractivity contribution >= 4 is 22.0 Å². The summed E-state index contributed by atoms with van der Waals surface area (Å²) in [7, 11) is 0. The fourth-order valence-electron chi connectivity index (χ4n) is 4.49. The fourth-order valence-corrected chi connectivity index (χ4v) is 5.61. The maximum absolute atomic E-state index is 13.7. The van der Waals surface area contributed by atoms with Gasteiger partial charge in [-0.1, -0.05) is 41.7 Å². The van der Waals surface area contributed by atoms with Gasteiger partial charge < -0.3 is 14.4 Å². The normalized spacial score (nSPS) is 15.7. The van der Waals surface area contributed by atoms with Gasteiger partial charge in [0, 0.05) is 31.9 Å². The largest absolute Gasteiger partial charge is 0.492 e. The molecule has 6 rings (SSSR count). The van der Waals surface area contributed by atoms with Gasteiger partial charge in [-0.3, -0.25) is 4.90 Å². The summed E-state index contributed by atoms with van der Waals surface area (Å²) in [5, 5.41) is 15.6. The topological polar surface area (TPSA) is 70.0 Å². The van der Waals surface area contributed by atoms with Crippen molar-refractivity contribution < 1.29 is 13.9 Å². The number of fused-ring (bicyclic) bond motifs is 1. The third-order valence-corrected chi connectivity index (χ3v) is 7.25. The summed E-state index contributed by atoms with van der Waals surface area (Å²) in [6, 6.07) is 20.2. The molecule has 4 heterocycles. The van der Waals surface area contributed by atoms with Crippen molar-refractivity contribution in [2.45, 2.75) is 6.04 Å². The van der Waals surface area contributed by atoms with Gasteiger partial charge in [0.05, 0.1) is 17.2 Å². The van der Waals surface area contributed by atoms with Gasteiger partial charge in [-0.15, -0.1) is 5.10 Å². The number of aromatic nitrogens is 3. The zero-order valence-corrected chi connectivity index (χ0v) is 19.0. The predicted molar refractivity (Wildman–Crippen MR) is 129 cm³/mol. The van der Waals surface area contributed by atoms with Gasteiger partial charge in [-0.25, -0.2) is 4.39 Å². The van der Waals surface area contributed by atoms with E-state index in [2.05, 4.69) is 32.0 Å². The number of furan rings is 1. The van der Waals surface area contributed by atoms with E-state index in [-0.39, 0.29) is 17.7 Å². The molecule has 1 saturated heterocycles. The minimum Gasteiger partial charge on any atom is -0.492 e. The summed E-state index contributed by atoms with van der Waals surface area (Å²) in [5.41, 5.74) is 2.12. The zero-order chi connectivity index (χ0) is 23.1. The molecule has 0 amide bonds. The van der Waals surface area contributed by atoms with Crippen LogP contribution in [0, 0.1) is 5.82 Å². The van der Waals surface area contributed by atoms with E-state index < -0.39 is 0 Å². The minimum atomic E-state index is -0.286. The van der Waals surface area contributed by atoms with Crippen molar-refractivity contribution in [2.75, 3.05) is 31.1 Å². The highest BCUT2D eigenvalue weighted by Crippen LogP contribution is 2.41. The van der Waals surface area contributed by atoms with Crippen LogP contribution in [-0.2, 0) is 0 Å². The van der Waals surface area contributed by atoms with Gasteiger partial charge in [-0.05, 0) is 42.0 Å². The molecule has 1 aliphatic rings. The standard InChI is InChI=1S/C25H22FN5O2S/c26-18-10-8-17(9-11-18)21(30-14-12-29(13-15-30)19-5-2-1-3-6-19)22-24(32)31-25(34-22)27-23(28-31)20-7-4-16-33-20/h1-11,16,21,32H,12-15H2/t21-/m0/s1. The second kappa shape index (κ2) is 8.58. The summed E-state index contributed by atoms with van der Waals surface area (Å²) in [4.78, 5) is 10.6. The Hall–Kier alpha value is -3.69. The average molecular weight is 476 g/mol. The van der Waals surface area contributed by atoms with E-state index in [0.717, 1.165) is 36.6 Å². The number of thiazole rings is 1. The van der Waals surface area contributed by atoms with Crippen LogP contribution in [0.4, 0.5) is 10.1 Å². The Morgan fingerprint density at radius 3 is 2.38 bits per heavy atom. The van der Waals surface area contributed by atoms with E-state index in [9.17, 15) is 9.50 Å². The molecule has 3 aromatic heterocycles. The van der Waals surface area contributed by atoms with E-state index in [1.165, 1.54) is 33.7 Å². The second-order valence-electron chi connectivity index (χ2n) is 8.21. The molecule has 9 heteroatoms. The van der Waals surface area contributed by atoms with Crippen molar-refractivity contribution in [3.05, 3.63) is 89.3 Å². The maximum atomic E-state index is 13.7. The molecule has 0 saturated carbocycles.